The van der Waals surface area contributed by atoms with Crippen LogP contribution in [0.1, 0.15) is 13.3 Å². The first-order valence-electron chi connectivity index (χ1n) is 2.94. The molecule has 0 radical (unpaired) electrons. The molecule has 0 saturated heterocycles. The zero-order chi connectivity index (χ0) is 6.74. The van der Waals surface area contributed by atoms with Gasteiger partial charge in [-0.1, -0.05) is 18.5 Å². The third-order valence-electron chi connectivity index (χ3n) is 1.23. The highest BCUT2D eigenvalue weighted by atomic mass is 35.5. The Balaban J connectivity index is 2.63. The SMILES string of the molecule is CCC1(Cl)N=CC=CN1. The fourth-order valence-electron chi connectivity index (χ4n) is 0.611. The lowest BCUT2D eigenvalue weighted by atomic mass is 10.3. The molecule has 1 unspecified atom stereocenters. The minimum Gasteiger partial charge on any atom is -0.355 e. The molecule has 1 heterocycles. The molecule has 1 aliphatic heterocycles. The molecule has 1 atom stereocenters. The third kappa shape index (κ3) is 1.45. The summed E-state index contributed by atoms with van der Waals surface area (Å²) in [6.45, 7) is 1.98. The highest BCUT2D eigenvalue weighted by Crippen LogP contribution is 2.18. The average molecular weight is 145 g/mol. The van der Waals surface area contributed by atoms with Gasteiger partial charge in [-0.15, -0.1) is 0 Å². The number of nitrogens with one attached hydrogen (secondary N) is 1. The highest BCUT2D eigenvalue weighted by Gasteiger charge is 2.21. The fraction of sp³-hybridized carbons (Fsp3) is 0.500. The molecule has 0 aliphatic carbocycles. The van der Waals surface area contributed by atoms with E-state index >= 15 is 0 Å². The molecule has 1 N–H and O–H groups in total. The Morgan fingerprint density at radius 2 is 2.56 bits per heavy atom. The van der Waals surface area contributed by atoms with Crippen molar-refractivity contribution in [3.05, 3.63) is 12.3 Å². The summed E-state index contributed by atoms with van der Waals surface area (Å²) in [6.07, 6.45) is 6.10. The Labute approximate surface area is 59.6 Å². The van der Waals surface area contributed by atoms with E-state index in [-0.39, 0.29) is 0 Å². The number of nitrogens with zero attached hydrogens (tertiary/aromatic N) is 1. The Morgan fingerprint density at radius 1 is 1.78 bits per heavy atom. The average Bonchev–Trinajstić information content (AvgIpc) is 1.90. The van der Waals surface area contributed by atoms with Crippen molar-refractivity contribution in [1.82, 2.24) is 5.32 Å². The number of alkyl halides is 1. The number of rotatable bonds is 1. The largest absolute Gasteiger partial charge is 0.355 e. The van der Waals surface area contributed by atoms with Crippen LogP contribution in [0.2, 0.25) is 0 Å². The number of aliphatic imine (C=N–C) groups is 1. The molecule has 9 heavy (non-hydrogen) atoms. The van der Waals surface area contributed by atoms with Crippen molar-refractivity contribution in [2.75, 3.05) is 0 Å². The van der Waals surface area contributed by atoms with E-state index in [1.165, 1.54) is 0 Å². The second kappa shape index (κ2) is 2.40. The predicted molar refractivity (Wildman–Crippen MR) is 39.6 cm³/mol. The molecule has 50 valence electrons. The number of halogens is 1. The molecular weight excluding hydrogens is 136 g/mol. The van der Waals surface area contributed by atoms with Gasteiger partial charge in [-0.25, -0.2) is 0 Å². The molecule has 0 fully saturated rings. The maximum Gasteiger partial charge on any atom is 0.205 e. The maximum absolute atomic E-state index is 5.90. The molecule has 0 aromatic rings. The molecule has 0 bridgehead atoms. The summed E-state index contributed by atoms with van der Waals surface area (Å²) < 4.78 is 0. The first kappa shape index (κ1) is 6.62. The Bertz CT molecular complexity index is 153. The topological polar surface area (TPSA) is 24.4 Å². The second-order valence-electron chi connectivity index (χ2n) is 1.89. The van der Waals surface area contributed by atoms with E-state index in [4.69, 9.17) is 11.6 Å². The van der Waals surface area contributed by atoms with E-state index in [2.05, 4.69) is 10.3 Å². The second-order valence-corrected chi connectivity index (χ2v) is 2.52. The van der Waals surface area contributed by atoms with Gasteiger partial charge < -0.3 is 5.32 Å². The molecule has 0 aromatic heterocycles. The lowest BCUT2D eigenvalue weighted by Crippen LogP contribution is -2.34. The van der Waals surface area contributed by atoms with Gasteiger partial charge in [0.25, 0.3) is 0 Å². The lowest BCUT2D eigenvalue weighted by Gasteiger charge is -2.22. The van der Waals surface area contributed by atoms with Crippen LogP contribution in [0, 0.1) is 0 Å². The van der Waals surface area contributed by atoms with E-state index < -0.39 is 5.12 Å². The van der Waals surface area contributed by atoms with E-state index in [0.717, 1.165) is 6.42 Å². The van der Waals surface area contributed by atoms with Crippen LogP contribution in [0.3, 0.4) is 0 Å². The summed E-state index contributed by atoms with van der Waals surface area (Å²) in [5, 5.41) is 2.36. The van der Waals surface area contributed by atoms with Crippen LogP contribution in [0.15, 0.2) is 17.3 Å². The van der Waals surface area contributed by atoms with Gasteiger partial charge >= 0.3 is 0 Å². The summed E-state index contributed by atoms with van der Waals surface area (Å²) in [6, 6.07) is 0. The van der Waals surface area contributed by atoms with E-state index in [1.54, 1.807) is 12.4 Å². The van der Waals surface area contributed by atoms with Gasteiger partial charge in [-0.05, 0) is 6.08 Å². The lowest BCUT2D eigenvalue weighted by molar-refractivity contribution is 0.523. The highest BCUT2D eigenvalue weighted by molar-refractivity contribution is 6.24. The van der Waals surface area contributed by atoms with Gasteiger partial charge in [-0.3, -0.25) is 4.99 Å². The third-order valence-corrected chi connectivity index (χ3v) is 1.71. The van der Waals surface area contributed by atoms with Gasteiger partial charge in [0.15, 0.2) is 0 Å². The number of hydrogen-bond donors (Lipinski definition) is 1. The van der Waals surface area contributed by atoms with Crippen molar-refractivity contribution in [1.29, 1.82) is 0 Å². The van der Waals surface area contributed by atoms with Crippen LogP contribution in [-0.4, -0.2) is 11.3 Å². The van der Waals surface area contributed by atoms with E-state index in [1.807, 2.05) is 13.0 Å². The van der Waals surface area contributed by atoms with Crippen molar-refractivity contribution >= 4 is 17.8 Å². The Kier molecular flexibility index (Phi) is 1.76. The molecule has 2 nitrogen and oxygen atoms in total. The zero-order valence-electron chi connectivity index (χ0n) is 5.26. The molecule has 0 spiro atoms. The molecule has 0 amide bonds. The van der Waals surface area contributed by atoms with Crippen molar-refractivity contribution in [3.8, 4) is 0 Å². The van der Waals surface area contributed by atoms with Crippen molar-refractivity contribution < 1.29 is 0 Å². The maximum atomic E-state index is 5.90. The summed E-state index contributed by atoms with van der Waals surface area (Å²) in [7, 11) is 0. The van der Waals surface area contributed by atoms with Crippen LogP contribution in [0.5, 0.6) is 0 Å². The normalized spacial score (nSPS) is 32.2. The van der Waals surface area contributed by atoms with Crippen LogP contribution in [-0.2, 0) is 0 Å². The van der Waals surface area contributed by atoms with E-state index in [0.29, 0.717) is 0 Å². The molecule has 1 aliphatic rings. The van der Waals surface area contributed by atoms with Gasteiger partial charge in [0.2, 0.25) is 5.12 Å². The molecule has 1 rings (SSSR count). The Morgan fingerprint density at radius 3 is 2.89 bits per heavy atom. The summed E-state index contributed by atoms with van der Waals surface area (Å²) in [5.74, 6) is 0. The standard InChI is InChI=1S/C6H9ClN2/c1-2-6(7)8-4-3-5-9-6/h3-5,8H,2H2,1H3. The molecule has 0 saturated carbocycles. The predicted octanol–water partition coefficient (Wildman–Crippen LogP) is 1.48. The smallest absolute Gasteiger partial charge is 0.205 e. The van der Waals surface area contributed by atoms with Crippen molar-refractivity contribution in [3.63, 3.8) is 0 Å². The fourth-order valence-corrected chi connectivity index (χ4v) is 0.730. The van der Waals surface area contributed by atoms with Crippen molar-refractivity contribution in [2.45, 2.75) is 18.5 Å². The molecular formula is C6H9ClN2. The van der Waals surface area contributed by atoms with Crippen LogP contribution in [0.4, 0.5) is 0 Å². The molecule has 0 aromatic carbocycles. The monoisotopic (exact) mass is 144 g/mol. The molecule has 3 heteroatoms. The van der Waals surface area contributed by atoms with Crippen molar-refractivity contribution in [2.24, 2.45) is 4.99 Å². The quantitative estimate of drug-likeness (QED) is 0.438. The van der Waals surface area contributed by atoms with Gasteiger partial charge in [0, 0.05) is 18.8 Å². The van der Waals surface area contributed by atoms with Gasteiger partial charge in [0.1, 0.15) is 0 Å². The summed E-state index contributed by atoms with van der Waals surface area (Å²) >= 11 is 5.90. The zero-order valence-corrected chi connectivity index (χ0v) is 6.02. The first-order chi connectivity index (χ1) is 4.27. The summed E-state index contributed by atoms with van der Waals surface area (Å²) in [4.78, 5) is 4.02. The van der Waals surface area contributed by atoms with Crippen LogP contribution < -0.4 is 5.32 Å². The van der Waals surface area contributed by atoms with Crippen LogP contribution >= 0.6 is 11.6 Å². The number of hydrogen-bond acceptors (Lipinski definition) is 2. The minimum absolute atomic E-state index is 0.575. The minimum atomic E-state index is -0.575. The van der Waals surface area contributed by atoms with Gasteiger partial charge in [-0.2, -0.15) is 0 Å². The van der Waals surface area contributed by atoms with E-state index in [9.17, 15) is 0 Å². The first-order valence-corrected chi connectivity index (χ1v) is 3.31. The Hall–Kier alpha value is -0.500. The van der Waals surface area contributed by atoms with Crippen LogP contribution in [0.25, 0.3) is 0 Å². The van der Waals surface area contributed by atoms with Gasteiger partial charge in [0.05, 0.1) is 0 Å². The summed E-state index contributed by atoms with van der Waals surface area (Å²) in [5.41, 5.74) is 0. The number of allylic oxidation sites excluding steroid dienone is 1.